The first-order chi connectivity index (χ1) is 13.1. The first kappa shape index (κ1) is 22.7. The van der Waals surface area contributed by atoms with Gasteiger partial charge in [0.2, 0.25) is 6.54 Å². The van der Waals surface area contributed by atoms with Crippen molar-refractivity contribution >= 4 is 15.5 Å². The largest absolute Gasteiger partial charge is 0.348 e. The van der Waals surface area contributed by atoms with E-state index in [2.05, 4.69) is 9.83 Å². The Morgan fingerprint density at radius 2 is 2.21 bits per heavy atom. The smallest absolute Gasteiger partial charge is 0.330 e. The maximum Gasteiger partial charge on any atom is 0.330 e. The number of hydrogen-bond acceptors (Lipinski definition) is 6. The molecule has 28 heavy (non-hydrogen) atoms. The van der Waals surface area contributed by atoms with E-state index in [0.29, 0.717) is 12.0 Å². The lowest BCUT2D eigenvalue weighted by Crippen LogP contribution is -2.33. The molecule has 1 saturated heterocycles. The summed E-state index contributed by atoms with van der Waals surface area (Å²) in [6.07, 6.45) is 1.93. The Balaban J connectivity index is 2.21. The van der Waals surface area contributed by atoms with Crippen LogP contribution in [0, 0.1) is 13.5 Å². The van der Waals surface area contributed by atoms with Gasteiger partial charge in [-0.3, -0.25) is 14.3 Å². The Hall–Kier alpha value is -1.55. The highest BCUT2D eigenvalue weighted by Gasteiger charge is 2.37. The molecule has 1 aromatic rings. The third-order valence-electron chi connectivity index (χ3n) is 3.97. The molecule has 1 aromatic heterocycles. The van der Waals surface area contributed by atoms with Crippen molar-refractivity contribution in [3.63, 3.8) is 0 Å². The van der Waals surface area contributed by atoms with E-state index in [9.17, 15) is 14.2 Å². The first-order valence-corrected chi connectivity index (χ1v) is 13.0. The summed E-state index contributed by atoms with van der Waals surface area (Å²) in [5.74, 6) is 1.61. The van der Waals surface area contributed by atoms with Gasteiger partial charge in [-0.15, -0.1) is 0 Å². The molecule has 4 atom stereocenters. The van der Waals surface area contributed by atoms with Gasteiger partial charge in [0, 0.05) is 24.8 Å². The van der Waals surface area contributed by atoms with Crippen LogP contribution in [0.5, 0.6) is 0 Å². The van der Waals surface area contributed by atoms with E-state index in [1.54, 1.807) is 38.8 Å². The van der Waals surface area contributed by atoms with Crippen molar-refractivity contribution in [1.82, 2.24) is 9.55 Å². The molecule has 0 bridgehead atoms. The Kier molecular flexibility index (Phi) is 7.94. The van der Waals surface area contributed by atoms with Crippen LogP contribution in [0.25, 0.3) is 4.85 Å². The number of nitrogens with zero attached hydrogens (tertiary/aromatic N) is 2. The zero-order valence-corrected chi connectivity index (χ0v) is 18.1. The molecule has 11 heteroatoms. The summed E-state index contributed by atoms with van der Waals surface area (Å²) in [4.78, 5) is 29.3. The molecular weight excluding hydrogens is 404 g/mol. The molecule has 0 amide bonds. The number of hydrogen-bond donors (Lipinski definition) is 1. The highest BCUT2D eigenvalue weighted by Crippen LogP contribution is 2.43. The maximum atomic E-state index is 12.2. The average molecular weight is 429 g/mol. The normalized spacial score (nSPS) is 23.8. The standard InChI is InChI=1S/C17H25N3O6P2/c1-12-11-20(17(22)19-16(12)21)15-10-14(26-27(3)24-8-7-18-2)13(25-15)6-9-28(4,5)23/h6,9,11,13-15H,7-8,10H2,1,3-5H3,(H,19,21,22)/b9-6+/t13-,14?,15-,27?/m1/s1. The quantitative estimate of drug-likeness (QED) is 0.387. The van der Waals surface area contributed by atoms with Gasteiger partial charge in [0.25, 0.3) is 5.56 Å². The predicted octanol–water partition coefficient (Wildman–Crippen LogP) is 2.53. The number of aromatic amines is 1. The van der Waals surface area contributed by atoms with Crippen molar-refractivity contribution in [2.45, 2.75) is 31.8 Å². The number of H-pyrrole nitrogens is 1. The Bertz CT molecular complexity index is 913. The average Bonchev–Trinajstić information content (AvgIpc) is 2.98. The molecular formula is C17H25N3O6P2. The SMILES string of the molecule is [C-]#[N+]CCOP(C)OC1C[C@H](n2cc(C)c(=O)[nH]c2=O)O[C@@H]1/C=C/P(C)(C)=O. The van der Waals surface area contributed by atoms with Gasteiger partial charge in [0.1, 0.15) is 26.1 Å². The lowest BCUT2D eigenvalue weighted by molar-refractivity contribution is 0.00775. The summed E-state index contributed by atoms with van der Waals surface area (Å²) >= 11 is 0. The van der Waals surface area contributed by atoms with Crippen molar-refractivity contribution in [1.29, 1.82) is 0 Å². The summed E-state index contributed by atoms with van der Waals surface area (Å²) in [5, 5.41) is 0. The van der Waals surface area contributed by atoms with Gasteiger partial charge in [-0.25, -0.2) is 11.4 Å². The van der Waals surface area contributed by atoms with Crippen LogP contribution in [0.4, 0.5) is 0 Å². The van der Waals surface area contributed by atoms with Gasteiger partial charge < -0.3 is 23.2 Å². The van der Waals surface area contributed by atoms with Gasteiger partial charge in [-0.2, -0.15) is 0 Å². The second kappa shape index (κ2) is 9.78. The molecule has 0 saturated carbocycles. The molecule has 9 nitrogen and oxygen atoms in total. The van der Waals surface area contributed by atoms with Gasteiger partial charge in [-0.05, 0) is 32.1 Å². The molecule has 1 N–H and O–H groups in total. The number of aryl methyl sites for hydroxylation is 1. The van der Waals surface area contributed by atoms with E-state index >= 15 is 0 Å². The molecule has 0 radical (unpaired) electrons. The lowest BCUT2D eigenvalue weighted by atomic mass is 10.2. The molecule has 1 aliphatic heterocycles. The molecule has 2 heterocycles. The van der Waals surface area contributed by atoms with Crippen LogP contribution < -0.4 is 11.2 Å². The number of ether oxygens (including phenoxy) is 1. The Morgan fingerprint density at radius 3 is 2.86 bits per heavy atom. The minimum atomic E-state index is -2.41. The fourth-order valence-corrected chi connectivity index (χ4v) is 4.21. The van der Waals surface area contributed by atoms with Crippen LogP contribution in [0.1, 0.15) is 18.2 Å². The summed E-state index contributed by atoms with van der Waals surface area (Å²) in [5.41, 5.74) is -0.606. The molecule has 1 fully saturated rings. The molecule has 2 rings (SSSR count). The van der Waals surface area contributed by atoms with Crippen molar-refractivity contribution in [2.24, 2.45) is 0 Å². The van der Waals surface area contributed by atoms with Crippen LogP contribution >= 0.6 is 15.5 Å². The van der Waals surface area contributed by atoms with E-state index < -0.39 is 45.2 Å². The highest BCUT2D eigenvalue weighted by molar-refractivity contribution is 7.65. The molecule has 0 aromatic carbocycles. The van der Waals surface area contributed by atoms with Crippen LogP contribution in [-0.4, -0.2) is 54.9 Å². The van der Waals surface area contributed by atoms with E-state index in [1.165, 1.54) is 10.8 Å². The molecule has 0 aliphatic carbocycles. The molecule has 0 spiro atoms. The fourth-order valence-electron chi connectivity index (χ4n) is 2.64. The highest BCUT2D eigenvalue weighted by atomic mass is 31.2. The molecule has 154 valence electrons. The van der Waals surface area contributed by atoms with Gasteiger partial charge in [0.15, 0.2) is 8.38 Å². The van der Waals surface area contributed by atoms with E-state index in [-0.39, 0.29) is 13.2 Å². The van der Waals surface area contributed by atoms with Crippen LogP contribution in [-0.2, 0) is 18.3 Å². The van der Waals surface area contributed by atoms with Crippen LogP contribution in [0.3, 0.4) is 0 Å². The van der Waals surface area contributed by atoms with Gasteiger partial charge >= 0.3 is 5.69 Å². The lowest BCUT2D eigenvalue weighted by Gasteiger charge is -2.20. The third kappa shape index (κ3) is 6.51. The first-order valence-electron chi connectivity index (χ1n) is 8.69. The summed E-state index contributed by atoms with van der Waals surface area (Å²) in [6.45, 7) is 14.0. The van der Waals surface area contributed by atoms with Crippen LogP contribution in [0.2, 0.25) is 0 Å². The molecule has 2 unspecified atom stereocenters. The number of nitrogens with one attached hydrogen (secondary N) is 1. The zero-order valence-electron chi connectivity index (χ0n) is 16.3. The van der Waals surface area contributed by atoms with Crippen molar-refractivity contribution in [2.75, 3.05) is 33.1 Å². The fraction of sp³-hybridized carbons (Fsp3) is 0.588. The minimum absolute atomic E-state index is 0.254. The second-order valence-corrected chi connectivity index (χ2v) is 11.4. The van der Waals surface area contributed by atoms with E-state index in [0.717, 1.165) is 0 Å². The van der Waals surface area contributed by atoms with Crippen LogP contribution in [0.15, 0.2) is 27.7 Å². The topological polar surface area (TPSA) is 104 Å². The minimum Gasteiger partial charge on any atom is -0.348 e. The van der Waals surface area contributed by atoms with Crippen molar-refractivity contribution in [3.8, 4) is 0 Å². The monoisotopic (exact) mass is 429 g/mol. The summed E-state index contributed by atoms with van der Waals surface area (Å²) < 4.78 is 30.8. The maximum absolute atomic E-state index is 12.2. The van der Waals surface area contributed by atoms with E-state index in [1.807, 2.05) is 0 Å². The number of rotatable bonds is 8. The summed E-state index contributed by atoms with van der Waals surface area (Å²) in [6, 6.07) is 0. The van der Waals surface area contributed by atoms with E-state index in [4.69, 9.17) is 20.4 Å². The van der Waals surface area contributed by atoms with Crippen molar-refractivity contribution < 1.29 is 18.3 Å². The predicted molar refractivity (Wildman–Crippen MR) is 108 cm³/mol. The van der Waals surface area contributed by atoms with Crippen molar-refractivity contribution in [3.05, 3.63) is 55.9 Å². The Labute approximate surface area is 164 Å². The van der Waals surface area contributed by atoms with Gasteiger partial charge in [0.05, 0.1) is 6.10 Å². The Morgan fingerprint density at radius 1 is 1.50 bits per heavy atom. The summed E-state index contributed by atoms with van der Waals surface area (Å²) in [7, 11) is -3.65. The number of aromatic nitrogens is 2. The van der Waals surface area contributed by atoms with Gasteiger partial charge in [-0.1, -0.05) is 0 Å². The zero-order chi connectivity index (χ0) is 20.9. The molecule has 1 aliphatic rings. The second-order valence-electron chi connectivity index (χ2n) is 6.84. The third-order valence-corrected chi connectivity index (χ3v) is 5.97.